The maximum absolute atomic E-state index is 13.1. The van der Waals surface area contributed by atoms with Gasteiger partial charge in [-0.15, -0.1) is 0 Å². The summed E-state index contributed by atoms with van der Waals surface area (Å²) >= 11 is 0. The van der Waals surface area contributed by atoms with E-state index in [9.17, 15) is 14.3 Å². The van der Waals surface area contributed by atoms with Crippen LogP contribution >= 0.6 is 0 Å². The first-order valence-corrected chi connectivity index (χ1v) is 11.4. The molecule has 7 nitrogen and oxygen atoms in total. The van der Waals surface area contributed by atoms with Crippen molar-refractivity contribution >= 4 is 6.03 Å². The number of aliphatic hydroxyl groups is 1. The fraction of sp³-hybridized carbons (Fsp3) is 0.400. The average molecular weight is 456 g/mol. The van der Waals surface area contributed by atoms with Crippen molar-refractivity contribution in [3.8, 4) is 0 Å². The number of urea groups is 1. The number of nitrogens with zero attached hydrogens (tertiary/aromatic N) is 1. The SMILES string of the molecule is O=C(NCc1ccc(F)cc1)N[C@H](CN1CCCC1)[C@@H](O)C1=COC=C(C2=CC=CCC2)O1. The molecule has 2 heterocycles. The lowest BCUT2D eigenvalue weighted by atomic mass is 10.0. The number of hydrogen-bond donors (Lipinski definition) is 3. The number of allylic oxidation sites excluding steroid dienone is 4. The van der Waals surface area contributed by atoms with Crippen LogP contribution in [0.3, 0.4) is 0 Å². The van der Waals surface area contributed by atoms with Gasteiger partial charge in [-0.05, 0) is 62.0 Å². The summed E-state index contributed by atoms with van der Waals surface area (Å²) in [5.74, 6) is 0.496. The van der Waals surface area contributed by atoms with Gasteiger partial charge in [-0.25, -0.2) is 9.18 Å². The van der Waals surface area contributed by atoms with Gasteiger partial charge in [0.1, 0.15) is 24.4 Å². The molecule has 2 atom stereocenters. The summed E-state index contributed by atoms with van der Waals surface area (Å²) in [6.45, 7) is 2.57. The predicted octanol–water partition coefficient (Wildman–Crippen LogP) is 3.46. The minimum absolute atomic E-state index is 0.246. The molecule has 0 saturated carbocycles. The number of nitrogens with one attached hydrogen (secondary N) is 2. The Morgan fingerprint density at radius 3 is 2.70 bits per heavy atom. The van der Waals surface area contributed by atoms with Crippen LogP contribution in [0.4, 0.5) is 9.18 Å². The largest absolute Gasteiger partial charge is 0.465 e. The van der Waals surface area contributed by atoms with Crippen LogP contribution in [0.1, 0.15) is 31.2 Å². The molecule has 2 amide bonds. The highest BCUT2D eigenvalue weighted by Crippen LogP contribution is 2.28. The van der Waals surface area contributed by atoms with Gasteiger partial charge in [0.15, 0.2) is 11.5 Å². The number of rotatable bonds is 8. The van der Waals surface area contributed by atoms with Crippen LogP contribution in [0.25, 0.3) is 0 Å². The number of carbonyl (C=O) groups excluding carboxylic acids is 1. The highest BCUT2D eigenvalue weighted by molar-refractivity contribution is 5.74. The standard InChI is InChI=1S/C25H30FN3O4/c26-20-10-8-18(9-11-20)14-27-25(31)28-21(15-29-12-4-5-13-29)24(30)23-17-32-16-22(33-23)19-6-2-1-3-7-19/h1-2,6,8-11,16-17,21,24,30H,3-5,7,12-15H2,(H2,27,28,31)/t21-,24-/m1/s1. The molecular formula is C25H30FN3O4. The van der Waals surface area contributed by atoms with Crippen molar-refractivity contribution in [1.82, 2.24) is 15.5 Å². The van der Waals surface area contributed by atoms with Gasteiger partial charge in [-0.1, -0.05) is 30.4 Å². The molecule has 1 aliphatic carbocycles. The van der Waals surface area contributed by atoms with E-state index in [2.05, 4.69) is 21.6 Å². The Bertz CT molecular complexity index is 949. The molecule has 8 heteroatoms. The summed E-state index contributed by atoms with van der Waals surface area (Å²) in [6, 6.07) is 4.91. The van der Waals surface area contributed by atoms with Crippen molar-refractivity contribution in [2.75, 3.05) is 19.6 Å². The van der Waals surface area contributed by atoms with E-state index >= 15 is 0 Å². The van der Waals surface area contributed by atoms with E-state index in [0.29, 0.717) is 12.3 Å². The zero-order valence-corrected chi connectivity index (χ0v) is 18.5. The van der Waals surface area contributed by atoms with Gasteiger partial charge in [-0.2, -0.15) is 0 Å². The number of carbonyl (C=O) groups is 1. The second kappa shape index (κ2) is 11.2. The van der Waals surface area contributed by atoms with E-state index in [4.69, 9.17) is 9.47 Å². The Morgan fingerprint density at radius 1 is 1.18 bits per heavy atom. The Morgan fingerprint density at radius 2 is 1.97 bits per heavy atom. The zero-order valence-electron chi connectivity index (χ0n) is 18.5. The quantitative estimate of drug-likeness (QED) is 0.559. The van der Waals surface area contributed by atoms with Crippen LogP contribution < -0.4 is 10.6 Å². The van der Waals surface area contributed by atoms with Gasteiger partial charge in [0, 0.05) is 13.1 Å². The second-order valence-electron chi connectivity index (χ2n) is 8.41. The van der Waals surface area contributed by atoms with E-state index in [1.54, 1.807) is 12.1 Å². The fourth-order valence-corrected chi connectivity index (χ4v) is 4.09. The number of likely N-dealkylation sites (tertiary alicyclic amines) is 1. The molecule has 0 spiro atoms. The second-order valence-corrected chi connectivity index (χ2v) is 8.41. The lowest BCUT2D eigenvalue weighted by Gasteiger charge is -2.30. The summed E-state index contributed by atoms with van der Waals surface area (Å²) in [7, 11) is 0. The van der Waals surface area contributed by atoms with Crippen LogP contribution in [0, 0.1) is 5.82 Å². The van der Waals surface area contributed by atoms with E-state index in [0.717, 1.165) is 49.9 Å². The average Bonchev–Trinajstić information content (AvgIpc) is 3.37. The number of aliphatic hydroxyl groups excluding tert-OH is 1. The molecule has 0 unspecified atom stereocenters. The van der Waals surface area contributed by atoms with Crippen LogP contribution in [0.15, 0.2) is 72.1 Å². The van der Waals surface area contributed by atoms with E-state index < -0.39 is 18.2 Å². The number of halogens is 1. The predicted molar refractivity (Wildman–Crippen MR) is 122 cm³/mol. The Labute approximate surface area is 193 Å². The first-order chi connectivity index (χ1) is 16.1. The maximum Gasteiger partial charge on any atom is 0.315 e. The summed E-state index contributed by atoms with van der Waals surface area (Å²) in [5.41, 5.74) is 1.77. The summed E-state index contributed by atoms with van der Waals surface area (Å²) < 4.78 is 24.5. The summed E-state index contributed by atoms with van der Waals surface area (Å²) in [4.78, 5) is 14.8. The maximum atomic E-state index is 13.1. The molecule has 0 aromatic heterocycles. The van der Waals surface area contributed by atoms with Crippen LogP contribution in [-0.4, -0.2) is 47.8 Å². The third kappa shape index (κ3) is 6.46. The molecular weight excluding hydrogens is 425 g/mol. The Balaban J connectivity index is 1.39. The molecule has 33 heavy (non-hydrogen) atoms. The molecule has 1 saturated heterocycles. The molecule has 176 valence electrons. The third-order valence-corrected chi connectivity index (χ3v) is 5.93. The Kier molecular flexibility index (Phi) is 7.80. The highest BCUT2D eigenvalue weighted by Gasteiger charge is 2.31. The molecule has 0 bridgehead atoms. The number of amides is 2. The summed E-state index contributed by atoms with van der Waals surface area (Å²) in [6.07, 6.45) is 11.8. The Hall–Kier alpha value is -3.10. The number of hydrogen-bond acceptors (Lipinski definition) is 5. The van der Waals surface area contributed by atoms with Crippen molar-refractivity contribution in [2.24, 2.45) is 0 Å². The smallest absolute Gasteiger partial charge is 0.315 e. The molecule has 4 rings (SSSR count). The normalized spacial score (nSPS) is 20.0. The monoisotopic (exact) mass is 455 g/mol. The molecule has 3 aliphatic rings. The van der Waals surface area contributed by atoms with Crippen molar-refractivity contribution in [1.29, 1.82) is 0 Å². The fourth-order valence-electron chi connectivity index (χ4n) is 4.09. The number of ether oxygens (including phenoxy) is 2. The van der Waals surface area contributed by atoms with Crippen molar-refractivity contribution in [2.45, 2.75) is 44.4 Å². The van der Waals surface area contributed by atoms with E-state index in [-0.39, 0.29) is 18.1 Å². The van der Waals surface area contributed by atoms with Gasteiger partial charge >= 0.3 is 6.03 Å². The van der Waals surface area contributed by atoms with Crippen molar-refractivity contribution in [3.05, 3.63) is 83.5 Å². The van der Waals surface area contributed by atoms with Crippen LogP contribution in [0.5, 0.6) is 0 Å². The number of benzene rings is 1. The van der Waals surface area contributed by atoms with Crippen molar-refractivity contribution < 1.29 is 23.8 Å². The van der Waals surface area contributed by atoms with Crippen LogP contribution in [0.2, 0.25) is 0 Å². The lowest BCUT2D eigenvalue weighted by molar-refractivity contribution is 0.0743. The highest BCUT2D eigenvalue weighted by atomic mass is 19.1. The molecule has 2 aliphatic heterocycles. The van der Waals surface area contributed by atoms with Gasteiger partial charge in [0.05, 0.1) is 6.04 Å². The van der Waals surface area contributed by atoms with Gasteiger partial charge in [-0.3, -0.25) is 0 Å². The summed E-state index contributed by atoms with van der Waals surface area (Å²) in [5, 5.41) is 16.8. The zero-order chi connectivity index (χ0) is 23.0. The minimum Gasteiger partial charge on any atom is -0.465 e. The molecule has 1 aromatic rings. The van der Waals surface area contributed by atoms with Crippen LogP contribution in [-0.2, 0) is 16.0 Å². The lowest BCUT2D eigenvalue weighted by Crippen LogP contribution is -2.53. The van der Waals surface area contributed by atoms with E-state index in [1.165, 1.54) is 24.7 Å². The third-order valence-electron chi connectivity index (χ3n) is 5.93. The minimum atomic E-state index is -1.09. The topological polar surface area (TPSA) is 83.1 Å². The molecule has 1 fully saturated rings. The first kappa shape index (κ1) is 23.1. The van der Waals surface area contributed by atoms with Gasteiger partial charge in [0.25, 0.3) is 0 Å². The van der Waals surface area contributed by atoms with Gasteiger partial charge in [0.2, 0.25) is 0 Å². The first-order valence-electron chi connectivity index (χ1n) is 11.4. The van der Waals surface area contributed by atoms with Gasteiger partial charge < -0.3 is 30.1 Å². The van der Waals surface area contributed by atoms with E-state index in [1.807, 2.05) is 12.2 Å². The molecule has 1 aromatic carbocycles. The molecule has 3 N–H and O–H groups in total. The molecule has 0 radical (unpaired) electrons. The van der Waals surface area contributed by atoms with Crippen molar-refractivity contribution in [3.63, 3.8) is 0 Å².